The van der Waals surface area contributed by atoms with Crippen LogP contribution in [0.1, 0.15) is 41.0 Å². The normalized spacial score (nSPS) is 18.3. The van der Waals surface area contributed by atoms with E-state index in [-0.39, 0.29) is 11.6 Å². The van der Waals surface area contributed by atoms with Crippen molar-refractivity contribution in [2.24, 2.45) is 0 Å². The van der Waals surface area contributed by atoms with Crippen LogP contribution in [0.4, 0.5) is 11.6 Å². The highest BCUT2D eigenvalue weighted by Crippen LogP contribution is 2.38. The van der Waals surface area contributed by atoms with Gasteiger partial charge in [-0.05, 0) is 37.5 Å². The molecule has 1 saturated heterocycles. The second-order valence-electron chi connectivity index (χ2n) is 6.11. The van der Waals surface area contributed by atoms with Crippen LogP contribution in [0.2, 0.25) is 0 Å². The topological polar surface area (TPSA) is 111 Å². The Kier molecular flexibility index (Phi) is 3.72. The molecule has 4 rings (SSSR count). The molecule has 8 nitrogen and oxygen atoms in total. The highest BCUT2D eigenvalue weighted by molar-refractivity contribution is 6.35. The molecule has 0 radical (unpaired) electrons. The first-order valence-electron chi connectivity index (χ1n) is 8.19. The molecule has 0 atom stereocenters. The summed E-state index contributed by atoms with van der Waals surface area (Å²) in [6.07, 6.45) is 6.49. The van der Waals surface area contributed by atoms with Crippen molar-refractivity contribution in [2.75, 3.05) is 23.3 Å². The Morgan fingerprint density at radius 2 is 2.00 bits per heavy atom. The number of amides is 1. The predicted octanol–water partition coefficient (Wildman–Crippen LogP) is 1.99. The maximum atomic E-state index is 12.4. The Morgan fingerprint density at radius 1 is 1.20 bits per heavy atom. The molecule has 0 saturated carbocycles. The minimum atomic E-state index is -1.04. The number of rotatable bonds is 3. The third-order valence-electron chi connectivity index (χ3n) is 4.47. The van der Waals surface area contributed by atoms with E-state index in [1.54, 1.807) is 12.1 Å². The van der Waals surface area contributed by atoms with Gasteiger partial charge in [-0.2, -0.15) is 0 Å². The van der Waals surface area contributed by atoms with Gasteiger partial charge in [-0.1, -0.05) is 0 Å². The molecule has 128 valence electrons. The van der Waals surface area contributed by atoms with Crippen LogP contribution in [-0.4, -0.2) is 45.0 Å². The highest BCUT2D eigenvalue weighted by atomic mass is 16.4. The largest absolute Gasteiger partial charge is 0.477 e. The lowest BCUT2D eigenvalue weighted by Crippen LogP contribution is -2.31. The third-order valence-corrected chi connectivity index (χ3v) is 4.47. The van der Waals surface area contributed by atoms with E-state index in [9.17, 15) is 9.59 Å². The molecule has 0 spiro atoms. The van der Waals surface area contributed by atoms with Crippen molar-refractivity contribution in [1.29, 1.82) is 0 Å². The van der Waals surface area contributed by atoms with E-state index in [2.05, 4.69) is 25.2 Å². The van der Waals surface area contributed by atoms with E-state index in [1.807, 2.05) is 0 Å². The second kappa shape index (κ2) is 6.04. The molecule has 8 heteroatoms. The standard InChI is InChI=1S/C17H17N5O3/c23-16-11(8-10-4-5-12(20-10)17(24)25)13-14(21-16)18-9-19-15(13)22-6-2-1-3-7-22/h4-5,8-9,20H,1-3,6-7H2,(H,24,25)(H,18,19,21,23). The SMILES string of the molecule is O=C1Nc2ncnc(N3CCCCC3)c2C1=Cc1ccc(C(=O)O)[nH]1. The molecular formula is C17H17N5O3. The summed E-state index contributed by atoms with van der Waals surface area (Å²) in [7, 11) is 0. The first-order chi connectivity index (χ1) is 12.1. The van der Waals surface area contributed by atoms with Crippen LogP contribution < -0.4 is 10.2 Å². The number of nitrogens with one attached hydrogen (secondary N) is 2. The number of H-pyrrole nitrogens is 1. The predicted molar refractivity (Wildman–Crippen MR) is 92.3 cm³/mol. The fourth-order valence-electron chi connectivity index (χ4n) is 3.27. The summed E-state index contributed by atoms with van der Waals surface area (Å²) in [5, 5.41) is 11.8. The summed E-state index contributed by atoms with van der Waals surface area (Å²) in [5.74, 6) is -0.0605. The number of aromatic amines is 1. The zero-order valence-corrected chi connectivity index (χ0v) is 13.5. The number of carbonyl (C=O) groups excluding carboxylic acids is 1. The molecule has 0 unspecified atom stereocenters. The zero-order chi connectivity index (χ0) is 17.4. The first-order valence-corrected chi connectivity index (χ1v) is 8.19. The summed E-state index contributed by atoms with van der Waals surface area (Å²) in [6, 6.07) is 3.10. The van der Waals surface area contributed by atoms with Crippen molar-refractivity contribution < 1.29 is 14.7 Å². The molecule has 25 heavy (non-hydrogen) atoms. The smallest absolute Gasteiger partial charge is 0.352 e. The lowest BCUT2D eigenvalue weighted by Gasteiger charge is -2.28. The first kappa shape index (κ1) is 15.4. The van der Waals surface area contributed by atoms with Gasteiger partial charge in [0.2, 0.25) is 0 Å². The van der Waals surface area contributed by atoms with Crippen molar-refractivity contribution >= 4 is 35.2 Å². The van der Waals surface area contributed by atoms with Gasteiger partial charge in [-0.25, -0.2) is 14.8 Å². The van der Waals surface area contributed by atoms with Gasteiger partial charge in [-0.3, -0.25) is 4.79 Å². The van der Waals surface area contributed by atoms with E-state index in [4.69, 9.17) is 5.11 Å². The molecule has 4 heterocycles. The maximum absolute atomic E-state index is 12.4. The number of piperidine rings is 1. The number of hydrogen-bond donors (Lipinski definition) is 3. The van der Waals surface area contributed by atoms with E-state index in [0.717, 1.165) is 31.7 Å². The Hall–Kier alpha value is -3.16. The summed E-state index contributed by atoms with van der Waals surface area (Å²) in [5.41, 5.74) is 1.74. The van der Waals surface area contributed by atoms with Gasteiger partial charge < -0.3 is 20.3 Å². The van der Waals surface area contributed by atoms with Crippen LogP contribution in [0.3, 0.4) is 0 Å². The lowest BCUT2D eigenvalue weighted by atomic mass is 10.1. The van der Waals surface area contributed by atoms with Crippen molar-refractivity contribution in [1.82, 2.24) is 15.0 Å². The number of nitrogens with zero attached hydrogens (tertiary/aromatic N) is 3. The number of aromatic carboxylic acids is 1. The molecule has 2 aliphatic rings. The molecule has 0 aliphatic carbocycles. The number of carboxylic acid groups (broad SMARTS) is 1. The summed E-state index contributed by atoms with van der Waals surface area (Å²) in [4.78, 5) is 37.0. The molecule has 2 aromatic heterocycles. The van der Waals surface area contributed by atoms with E-state index < -0.39 is 5.97 Å². The van der Waals surface area contributed by atoms with Gasteiger partial charge in [0.15, 0.2) is 0 Å². The molecule has 2 aromatic rings. The highest BCUT2D eigenvalue weighted by Gasteiger charge is 2.31. The summed E-state index contributed by atoms with van der Waals surface area (Å²) in [6.45, 7) is 1.80. The molecule has 0 bridgehead atoms. The second-order valence-corrected chi connectivity index (χ2v) is 6.11. The van der Waals surface area contributed by atoms with Crippen molar-refractivity contribution in [3.05, 3.63) is 35.4 Å². The van der Waals surface area contributed by atoms with Gasteiger partial charge >= 0.3 is 5.97 Å². The fraction of sp³-hybridized carbons (Fsp3) is 0.294. The van der Waals surface area contributed by atoms with Crippen molar-refractivity contribution in [3.63, 3.8) is 0 Å². The van der Waals surface area contributed by atoms with Crippen LogP contribution in [0.25, 0.3) is 11.6 Å². The van der Waals surface area contributed by atoms with E-state index in [0.29, 0.717) is 22.6 Å². The number of hydrogen-bond acceptors (Lipinski definition) is 5. The molecule has 1 fully saturated rings. The number of anilines is 2. The fourth-order valence-corrected chi connectivity index (χ4v) is 3.27. The van der Waals surface area contributed by atoms with Gasteiger partial charge in [0.25, 0.3) is 5.91 Å². The molecule has 0 aromatic carbocycles. The van der Waals surface area contributed by atoms with E-state index in [1.165, 1.54) is 18.8 Å². The van der Waals surface area contributed by atoms with E-state index >= 15 is 0 Å². The van der Waals surface area contributed by atoms with Crippen LogP contribution in [0, 0.1) is 0 Å². The Bertz CT molecular complexity index is 880. The number of carboxylic acids is 1. The summed E-state index contributed by atoms with van der Waals surface area (Å²) >= 11 is 0. The van der Waals surface area contributed by atoms with Crippen LogP contribution in [0.5, 0.6) is 0 Å². The monoisotopic (exact) mass is 339 g/mol. The maximum Gasteiger partial charge on any atom is 0.352 e. The Labute approximate surface area is 143 Å². The van der Waals surface area contributed by atoms with Gasteiger partial charge in [0.05, 0.1) is 11.1 Å². The summed E-state index contributed by atoms with van der Waals surface area (Å²) < 4.78 is 0. The number of carbonyl (C=O) groups is 2. The van der Waals surface area contributed by atoms with Crippen molar-refractivity contribution in [3.8, 4) is 0 Å². The number of aromatic nitrogens is 3. The van der Waals surface area contributed by atoms with Crippen molar-refractivity contribution in [2.45, 2.75) is 19.3 Å². The molecule has 1 amide bonds. The Balaban J connectivity index is 1.77. The minimum absolute atomic E-state index is 0.0750. The average molecular weight is 339 g/mol. The van der Waals surface area contributed by atoms with Gasteiger partial charge in [-0.15, -0.1) is 0 Å². The average Bonchev–Trinajstić information content (AvgIpc) is 3.21. The molecular weight excluding hydrogens is 322 g/mol. The van der Waals surface area contributed by atoms with Gasteiger partial charge in [0, 0.05) is 18.8 Å². The lowest BCUT2D eigenvalue weighted by molar-refractivity contribution is -0.110. The molecule has 3 N–H and O–H groups in total. The zero-order valence-electron chi connectivity index (χ0n) is 13.5. The van der Waals surface area contributed by atoms with Gasteiger partial charge in [0.1, 0.15) is 23.7 Å². The minimum Gasteiger partial charge on any atom is -0.477 e. The number of fused-ring (bicyclic) bond motifs is 1. The quantitative estimate of drug-likeness (QED) is 0.738. The molecule has 2 aliphatic heterocycles. The third kappa shape index (κ3) is 2.75. The van der Waals surface area contributed by atoms with Crippen LogP contribution in [-0.2, 0) is 4.79 Å². The van der Waals surface area contributed by atoms with Crippen LogP contribution >= 0.6 is 0 Å². The Morgan fingerprint density at radius 3 is 2.72 bits per heavy atom. The van der Waals surface area contributed by atoms with Crippen LogP contribution in [0.15, 0.2) is 18.5 Å².